The molecular weight excluding hydrogens is 415 g/mol. The SMILES string of the molecule is Cc1ccc(NC(=O)c2nnsc2S(=O)(=O)c2cccc(C(F)(F)F)c2)cc1. The summed E-state index contributed by atoms with van der Waals surface area (Å²) in [5, 5.41) is 6.04. The molecule has 0 aliphatic heterocycles. The quantitative estimate of drug-likeness (QED) is 0.681. The molecule has 0 aliphatic rings. The number of amides is 1. The summed E-state index contributed by atoms with van der Waals surface area (Å²) in [6.45, 7) is 1.86. The van der Waals surface area contributed by atoms with E-state index in [1.54, 1.807) is 24.3 Å². The first-order valence-corrected chi connectivity index (χ1v) is 9.97. The maximum Gasteiger partial charge on any atom is 0.416 e. The summed E-state index contributed by atoms with van der Waals surface area (Å²) in [6.07, 6.45) is -4.71. The summed E-state index contributed by atoms with van der Waals surface area (Å²) in [4.78, 5) is 11.8. The molecule has 1 N–H and O–H groups in total. The zero-order valence-electron chi connectivity index (χ0n) is 14.2. The number of hydrogen-bond donors (Lipinski definition) is 1. The molecule has 0 atom stereocenters. The number of aryl methyl sites for hydroxylation is 1. The molecule has 0 fully saturated rings. The van der Waals surface area contributed by atoms with E-state index in [1.165, 1.54) is 0 Å². The highest BCUT2D eigenvalue weighted by Crippen LogP contribution is 2.33. The monoisotopic (exact) mass is 427 g/mol. The van der Waals surface area contributed by atoms with Crippen molar-refractivity contribution in [2.24, 2.45) is 0 Å². The molecule has 0 saturated carbocycles. The Hall–Kier alpha value is -2.79. The molecule has 1 aromatic heterocycles. The van der Waals surface area contributed by atoms with Gasteiger partial charge in [0.25, 0.3) is 5.91 Å². The molecule has 0 spiro atoms. The standard InChI is InChI=1S/C17H12F3N3O3S2/c1-10-5-7-12(8-6-10)21-15(24)14-16(27-23-22-14)28(25,26)13-4-2-3-11(9-13)17(18,19)20/h2-9H,1H3,(H,21,24). The lowest BCUT2D eigenvalue weighted by atomic mass is 10.2. The van der Waals surface area contributed by atoms with Gasteiger partial charge in [0.1, 0.15) is 0 Å². The van der Waals surface area contributed by atoms with Crippen molar-refractivity contribution < 1.29 is 26.4 Å². The molecule has 3 rings (SSSR count). The average molecular weight is 427 g/mol. The van der Waals surface area contributed by atoms with E-state index in [9.17, 15) is 26.4 Å². The van der Waals surface area contributed by atoms with Crippen LogP contribution in [0.5, 0.6) is 0 Å². The number of rotatable bonds is 4. The van der Waals surface area contributed by atoms with Gasteiger partial charge in [-0.25, -0.2) is 8.42 Å². The number of halogens is 3. The second-order valence-electron chi connectivity index (χ2n) is 5.76. The average Bonchev–Trinajstić information content (AvgIpc) is 3.14. The second kappa shape index (κ2) is 7.32. The van der Waals surface area contributed by atoms with E-state index in [1.807, 2.05) is 6.92 Å². The van der Waals surface area contributed by atoms with Gasteiger partial charge >= 0.3 is 6.18 Å². The van der Waals surface area contributed by atoms with Gasteiger partial charge in [-0.1, -0.05) is 28.3 Å². The fraction of sp³-hybridized carbons (Fsp3) is 0.118. The molecule has 0 radical (unpaired) electrons. The van der Waals surface area contributed by atoms with Crippen LogP contribution in [0.25, 0.3) is 0 Å². The summed E-state index contributed by atoms with van der Waals surface area (Å²) in [5.74, 6) is -0.830. The highest BCUT2D eigenvalue weighted by Gasteiger charge is 2.34. The minimum Gasteiger partial charge on any atom is -0.321 e. The van der Waals surface area contributed by atoms with E-state index in [4.69, 9.17) is 0 Å². The van der Waals surface area contributed by atoms with Crippen molar-refractivity contribution >= 4 is 33.0 Å². The molecule has 1 heterocycles. The zero-order chi connectivity index (χ0) is 20.5. The normalized spacial score (nSPS) is 12.0. The Morgan fingerprint density at radius 1 is 1.11 bits per heavy atom. The van der Waals surface area contributed by atoms with E-state index < -0.39 is 42.3 Å². The summed E-state index contributed by atoms with van der Waals surface area (Å²) in [5.41, 5.74) is -0.230. The molecule has 0 unspecified atom stereocenters. The van der Waals surface area contributed by atoms with Gasteiger partial charge in [-0.15, -0.1) is 5.10 Å². The number of aromatic nitrogens is 2. The predicted molar refractivity (Wildman–Crippen MR) is 95.9 cm³/mol. The van der Waals surface area contributed by atoms with Gasteiger partial charge in [-0.3, -0.25) is 4.79 Å². The van der Waals surface area contributed by atoms with Gasteiger partial charge < -0.3 is 5.32 Å². The van der Waals surface area contributed by atoms with Crippen LogP contribution in [0.1, 0.15) is 21.6 Å². The Kier molecular flexibility index (Phi) is 5.22. The lowest BCUT2D eigenvalue weighted by Crippen LogP contribution is -2.16. The summed E-state index contributed by atoms with van der Waals surface area (Å²) in [7, 11) is -4.42. The molecule has 11 heteroatoms. The highest BCUT2D eigenvalue weighted by molar-refractivity contribution is 7.93. The van der Waals surface area contributed by atoms with Crippen LogP contribution in [-0.2, 0) is 16.0 Å². The van der Waals surface area contributed by atoms with E-state index >= 15 is 0 Å². The lowest BCUT2D eigenvalue weighted by Gasteiger charge is -2.09. The van der Waals surface area contributed by atoms with Crippen LogP contribution in [0.3, 0.4) is 0 Å². The van der Waals surface area contributed by atoms with Gasteiger partial charge in [0.15, 0.2) is 9.90 Å². The maximum absolute atomic E-state index is 12.9. The molecule has 146 valence electrons. The van der Waals surface area contributed by atoms with Gasteiger partial charge in [0.05, 0.1) is 10.5 Å². The molecule has 1 amide bonds. The first-order chi connectivity index (χ1) is 13.1. The van der Waals surface area contributed by atoms with Crippen LogP contribution < -0.4 is 5.32 Å². The Bertz CT molecular complexity index is 1120. The number of nitrogens with one attached hydrogen (secondary N) is 1. The first-order valence-electron chi connectivity index (χ1n) is 7.72. The number of carbonyl (C=O) groups excluding carboxylic acids is 1. The molecule has 0 bridgehead atoms. The van der Waals surface area contributed by atoms with Gasteiger partial charge in [-0.05, 0) is 37.3 Å². The van der Waals surface area contributed by atoms with Crippen LogP contribution in [-0.4, -0.2) is 23.9 Å². The Morgan fingerprint density at radius 3 is 2.43 bits per heavy atom. The minimum absolute atomic E-state index is 0.408. The summed E-state index contributed by atoms with van der Waals surface area (Å²) >= 11 is 0.415. The number of carbonyl (C=O) groups is 1. The minimum atomic E-state index is -4.71. The van der Waals surface area contributed by atoms with Crippen molar-refractivity contribution in [1.29, 1.82) is 0 Å². The van der Waals surface area contributed by atoms with Gasteiger partial charge in [0, 0.05) is 17.2 Å². The number of benzene rings is 2. The van der Waals surface area contributed by atoms with E-state index in [2.05, 4.69) is 14.9 Å². The molecule has 0 aliphatic carbocycles. The van der Waals surface area contributed by atoms with Crippen LogP contribution in [0.4, 0.5) is 18.9 Å². The maximum atomic E-state index is 12.9. The van der Waals surface area contributed by atoms with E-state index in [0.29, 0.717) is 23.3 Å². The molecule has 0 saturated heterocycles. The molecule has 6 nitrogen and oxygen atoms in total. The number of hydrogen-bond acceptors (Lipinski definition) is 6. The van der Waals surface area contributed by atoms with Crippen molar-refractivity contribution in [3.63, 3.8) is 0 Å². The lowest BCUT2D eigenvalue weighted by molar-refractivity contribution is -0.137. The molecular formula is C17H12F3N3O3S2. The number of sulfone groups is 1. The first kappa shape index (κ1) is 20.0. The van der Waals surface area contributed by atoms with Crippen LogP contribution >= 0.6 is 11.5 Å². The van der Waals surface area contributed by atoms with E-state index in [-0.39, 0.29) is 0 Å². The van der Waals surface area contributed by atoms with Crippen LogP contribution in [0, 0.1) is 6.92 Å². The van der Waals surface area contributed by atoms with Crippen molar-refractivity contribution in [1.82, 2.24) is 9.59 Å². The largest absolute Gasteiger partial charge is 0.416 e. The highest BCUT2D eigenvalue weighted by atomic mass is 32.2. The van der Waals surface area contributed by atoms with E-state index in [0.717, 1.165) is 23.8 Å². The van der Waals surface area contributed by atoms with Crippen LogP contribution in [0.15, 0.2) is 57.6 Å². The second-order valence-corrected chi connectivity index (χ2v) is 8.66. The third kappa shape index (κ3) is 4.04. The Balaban J connectivity index is 1.96. The topological polar surface area (TPSA) is 89.0 Å². The molecule has 3 aromatic rings. The predicted octanol–water partition coefficient (Wildman–Crippen LogP) is 3.95. The number of nitrogens with zero attached hydrogens (tertiary/aromatic N) is 2. The third-order valence-corrected chi connectivity index (χ3v) is 6.66. The van der Waals surface area contributed by atoms with Crippen LogP contribution in [0.2, 0.25) is 0 Å². The number of alkyl halides is 3. The zero-order valence-corrected chi connectivity index (χ0v) is 15.8. The van der Waals surface area contributed by atoms with Crippen molar-refractivity contribution in [3.05, 3.63) is 65.4 Å². The Morgan fingerprint density at radius 2 is 1.79 bits per heavy atom. The third-order valence-electron chi connectivity index (χ3n) is 3.70. The summed E-state index contributed by atoms with van der Waals surface area (Å²) in [6, 6.07) is 10.0. The van der Waals surface area contributed by atoms with Gasteiger partial charge in [-0.2, -0.15) is 13.2 Å². The Labute approximate surface area is 162 Å². The number of anilines is 1. The van der Waals surface area contributed by atoms with Crippen molar-refractivity contribution in [2.45, 2.75) is 22.2 Å². The smallest absolute Gasteiger partial charge is 0.321 e. The summed E-state index contributed by atoms with van der Waals surface area (Å²) < 4.78 is 67.2. The van der Waals surface area contributed by atoms with Crippen molar-refractivity contribution in [3.8, 4) is 0 Å². The fourth-order valence-corrected chi connectivity index (χ4v) is 4.61. The van der Waals surface area contributed by atoms with Crippen molar-refractivity contribution in [2.75, 3.05) is 5.32 Å². The molecule has 28 heavy (non-hydrogen) atoms. The van der Waals surface area contributed by atoms with Gasteiger partial charge in [0.2, 0.25) is 9.84 Å². The fourth-order valence-electron chi connectivity index (χ4n) is 2.27. The molecule has 2 aromatic carbocycles.